The molecule has 0 spiro atoms. The van der Waals surface area contributed by atoms with Crippen LogP contribution < -0.4 is 14.8 Å². The SMILES string of the molecule is CCOC(=O)c1cccc(C(=O)NC/C=C/c2cnc(Oc3ccc(OCC4CC4)cc3Cl)s2)c1. The van der Waals surface area contributed by atoms with Gasteiger partial charge in [-0.3, -0.25) is 4.79 Å². The maximum atomic E-state index is 12.4. The Labute approximate surface area is 212 Å². The van der Waals surface area contributed by atoms with Crippen molar-refractivity contribution in [3.8, 4) is 16.7 Å². The van der Waals surface area contributed by atoms with Crippen molar-refractivity contribution in [2.75, 3.05) is 19.8 Å². The number of halogens is 1. The van der Waals surface area contributed by atoms with E-state index in [1.807, 2.05) is 18.2 Å². The lowest BCUT2D eigenvalue weighted by atomic mass is 10.1. The van der Waals surface area contributed by atoms with Crippen LogP contribution in [0.5, 0.6) is 16.7 Å². The molecule has 9 heteroatoms. The Hall–Kier alpha value is -3.36. The summed E-state index contributed by atoms with van der Waals surface area (Å²) in [5.41, 5.74) is 0.728. The summed E-state index contributed by atoms with van der Waals surface area (Å²) in [5.74, 6) is 1.17. The Kier molecular flexibility index (Phi) is 8.39. The molecule has 2 aromatic carbocycles. The molecule has 1 aromatic heterocycles. The minimum atomic E-state index is -0.454. The Balaban J connectivity index is 1.26. The van der Waals surface area contributed by atoms with Crippen LogP contribution in [0.15, 0.2) is 54.7 Å². The Morgan fingerprint density at radius 3 is 2.80 bits per heavy atom. The van der Waals surface area contributed by atoms with Crippen molar-refractivity contribution >= 4 is 40.9 Å². The van der Waals surface area contributed by atoms with Crippen LogP contribution in [0, 0.1) is 5.92 Å². The van der Waals surface area contributed by atoms with E-state index in [1.54, 1.807) is 43.5 Å². The van der Waals surface area contributed by atoms with Gasteiger partial charge in [-0.05, 0) is 62.1 Å². The highest BCUT2D eigenvalue weighted by molar-refractivity contribution is 7.14. The number of thiazole rings is 1. The predicted molar refractivity (Wildman–Crippen MR) is 136 cm³/mol. The fraction of sp³-hybridized carbons (Fsp3) is 0.269. The number of benzene rings is 2. The first-order chi connectivity index (χ1) is 17.0. The summed E-state index contributed by atoms with van der Waals surface area (Å²) in [6.07, 6.45) is 7.79. The average Bonchev–Trinajstić information content (AvgIpc) is 3.59. The number of hydrogen-bond acceptors (Lipinski definition) is 7. The van der Waals surface area contributed by atoms with Crippen molar-refractivity contribution in [3.05, 3.63) is 75.8 Å². The summed E-state index contributed by atoms with van der Waals surface area (Å²) < 4.78 is 16.5. The van der Waals surface area contributed by atoms with Gasteiger partial charge in [-0.2, -0.15) is 0 Å². The number of ether oxygens (including phenoxy) is 3. The number of nitrogens with one attached hydrogen (secondary N) is 1. The second-order valence-electron chi connectivity index (χ2n) is 7.89. The van der Waals surface area contributed by atoms with Crippen molar-refractivity contribution in [1.29, 1.82) is 0 Å². The van der Waals surface area contributed by atoms with E-state index < -0.39 is 5.97 Å². The summed E-state index contributed by atoms with van der Waals surface area (Å²) in [4.78, 5) is 29.4. The van der Waals surface area contributed by atoms with Gasteiger partial charge in [0.05, 0.1) is 28.7 Å². The topological polar surface area (TPSA) is 86.8 Å². The van der Waals surface area contributed by atoms with E-state index in [1.165, 1.54) is 30.2 Å². The van der Waals surface area contributed by atoms with E-state index in [-0.39, 0.29) is 12.5 Å². The standard InChI is InChI=1S/C26H25ClN2O5S/c1-2-32-25(31)19-6-3-5-18(13-19)24(30)28-12-4-7-21-15-29-26(35-21)34-23-11-10-20(14-22(23)27)33-16-17-8-9-17/h3-7,10-11,13-15,17H,2,8-9,12,16H2,1H3,(H,28,30)/b7-4+. The Morgan fingerprint density at radius 2 is 2.03 bits per heavy atom. The van der Waals surface area contributed by atoms with Crippen LogP contribution in [0.3, 0.4) is 0 Å². The van der Waals surface area contributed by atoms with Gasteiger partial charge in [0.2, 0.25) is 0 Å². The zero-order chi connectivity index (χ0) is 24.6. The average molecular weight is 513 g/mol. The molecule has 1 N–H and O–H groups in total. The van der Waals surface area contributed by atoms with Gasteiger partial charge in [0.1, 0.15) is 11.5 Å². The molecule has 1 heterocycles. The molecule has 0 bridgehead atoms. The number of aromatic nitrogens is 1. The molecule has 1 aliphatic rings. The number of esters is 1. The molecule has 182 valence electrons. The van der Waals surface area contributed by atoms with Crippen molar-refractivity contribution in [2.24, 2.45) is 5.92 Å². The third-order valence-electron chi connectivity index (χ3n) is 5.08. The zero-order valence-electron chi connectivity index (χ0n) is 19.2. The molecule has 4 rings (SSSR count). The van der Waals surface area contributed by atoms with Crippen LogP contribution in [0.25, 0.3) is 6.08 Å². The molecule has 3 aromatic rings. The molecule has 1 aliphatic carbocycles. The maximum absolute atomic E-state index is 12.4. The lowest BCUT2D eigenvalue weighted by Crippen LogP contribution is -2.23. The number of carbonyl (C=O) groups excluding carboxylic acids is 2. The summed E-state index contributed by atoms with van der Waals surface area (Å²) in [6.45, 7) is 3.04. The molecule has 1 amide bonds. The minimum Gasteiger partial charge on any atom is -0.493 e. The first-order valence-electron chi connectivity index (χ1n) is 11.3. The van der Waals surface area contributed by atoms with E-state index in [0.717, 1.165) is 17.2 Å². The second-order valence-corrected chi connectivity index (χ2v) is 9.32. The molecule has 0 unspecified atom stereocenters. The molecule has 0 saturated heterocycles. The van der Waals surface area contributed by atoms with E-state index in [9.17, 15) is 9.59 Å². The number of rotatable bonds is 11. The molecule has 35 heavy (non-hydrogen) atoms. The monoisotopic (exact) mass is 512 g/mol. The van der Waals surface area contributed by atoms with Crippen molar-refractivity contribution < 1.29 is 23.8 Å². The number of hydrogen-bond donors (Lipinski definition) is 1. The summed E-state index contributed by atoms with van der Waals surface area (Å²) in [6, 6.07) is 11.8. The molecule has 1 saturated carbocycles. The molecule has 0 radical (unpaired) electrons. The third kappa shape index (κ3) is 7.31. The molecule has 0 atom stereocenters. The highest BCUT2D eigenvalue weighted by Gasteiger charge is 2.22. The van der Waals surface area contributed by atoms with E-state index in [0.29, 0.717) is 39.6 Å². The summed E-state index contributed by atoms with van der Waals surface area (Å²) in [5, 5.41) is 3.71. The lowest BCUT2D eigenvalue weighted by Gasteiger charge is -2.08. The fourth-order valence-electron chi connectivity index (χ4n) is 3.07. The van der Waals surface area contributed by atoms with Gasteiger partial charge in [0.25, 0.3) is 11.1 Å². The van der Waals surface area contributed by atoms with Crippen LogP contribution in [-0.2, 0) is 4.74 Å². The van der Waals surface area contributed by atoms with Crippen molar-refractivity contribution in [2.45, 2.75) is 19.8 Å². The van der Waals surface area contributed by atoms with Crippen LogP contribution in [0.4, 0.5) is 0 Å². The molecular formula is C26H25ClN2O5S. The number of nitrogens with zero attached hydrogens (tertiary/aromatic N) is 1. The summed E-state index contributed by atoms with van der Waals surface area (Å²) in [7, 11) is 0. The first kappa shape index (κ1) is 24.8. The van der Waals surface area contributed by atoms with Crippen molar-refractivity contribution in [1.82, 2.24) is 10.3 Å². The predicted octanol–water partition coefficient (Wildman–Crippen LogP) is 6.00. The number of carbonyl (C=O) groups is 2. The van der Waals surface area contributed by atoms with Gasteiger partial charge in [-0.15, -0.1) is 0 Å². The van der Waals surface area contributed by atoms with Crippen LogP contribution in [0.1, 0.15) is 45.4 Å². The Bertz CT molecular complexity index is 1220. The van der Waals surface area contributed by atoms with Gasteiger partial charge in [0.15, 0.2) is 0 Å². The lowest BCUT2D eigenvalue weighted by molar-refractivity contribution is 0.0526. The fourth-order valence-corrected chi connectivity index (χ4v) is 3.99. The van der Waals surface area contributed by atoms with Gasteiger partial charge < -0.3 is 19.5 Å². The van der Waals surface area contributed by atoms with Crippen LogP contribution in [-0.4, -0.2) is 36.6 Å². The van der Waals surface area contributed by atoms with E-state index >= 15 is 0 Å². The molecule has 7 nitrogen and oxygen atoms in total. The van der Waals surface area contributed by atoms with Crippen LogP contribution >= 0.6 is 22.9 Å². The highest BCUT2D eigenvalue weighted by Crippen LogP contribution is 2.35. The first-order valence-corrected chi connectivity index (χ1v) is 12.5. The van der Waals surface area contributed by atoms with Crippen LogP contribution in [0.2, 0.25) is 5.02 Å². The van der Waals surface area contributed by atoms with E-state index in [2.05, 4.69) is 10.3 Å². The second kappa shape index (κ2) is 11.9. The van der Waals surface area contributed by atoms with Gasteiger partial charge in [-0.1, -0.05) is 35.1 Å². The van der Waals surface area contributed by atoms with Gasteiger partial charge in [-0.25, -0.2) is 9.78 Å². The zero-order valence-corrected chi connectivity index (χ0v) is 20.7. The van der Waals surface area contributed by atoms with E-state index in [4.69, 9.17) is 25.8 Å². The third-order valence-corrected chi connectivity index (χ3v) is 6.22. The van der Waals surface area contributed by atoms with Gasteiger partial charge >= 0.3 is 5.97 Å². The summed E-state index contributed by atoms with van der Waals surface area (Å²) >= 11 is 7.69. The van der Waals surface area contributed by atoms with Crippen molar-refractivity contribution in [3.63, 3.8) is 0 Å². The normalized spacial score (nSPS) is 13.0. The van der Waals surface area contributed by atoms with Gasteiger partial charge in [0, 0.05) is 24.4 Å². The molecule has 1 fully saturated rings. The number of amides is 1. The molecule has 0 aliphatic heterocycles. The largest absolute Gasteiger partial charge is 0.493 e. The molecular weight excluding hydrogens is 488 g/mol. The Morgan fingerprint density at radius 1 is 1.20 bits per heavy atom. The highest BCUT2D eigenvalue weighted by atomic mass is 35.5. The smallest absolute Gasteiger partial charge is 0.338 e. The maximum Gasteiger partial charge on any atom is 0.338 e. The minimum absolute atomic E-state index is 0.277. The quantitative estimate of drug-likeness (QED) is 0.317.